The maximum Gasteiger partial charge on any atom is 0.202 e. The highest BCUT2D eigenvalue weighted by atomic mass is 35.5. The van der Waals surface area contributed by atoms with Gasteiger partial charge < -0.3 is 14.1 Å². The normalized spacial score (nSPS) is 13.4. The van der Waals surface area contributed by atoms with Crippen LogP contribution in [0.15, 0.2) is 0 Å². The van der Waals surface area contributed by atoms with Crippen LogP contribution in [0.4, 0.5) is 0 Å². The third-order valence-electron chi connectivity index (χ3n) is 2.06. The van der Waals surface area contributed by atoms with Gasteiger partial charge in [0.2, 0.25) is 9.04 Å². The van der Waals surface area contributed by atoms with Crippen molar-refractivity contribution in [1.82, 2.24) is 4.90 Å². The summed E-state index contributed by atoms with van der Waals surface area (Å²) in [5, 5.41) is 0. The quantitative estimate of drug-likeness (QED) is 0.435. The fraction of sp³-hybridized carbons (Fsp3) is 1.00. The maximum atomic E-state index is 5.87. The zero-order valence-corrected chi connectivity index (χ0v) is 12.1. The second-order valence-electron chi connectivity index (χ2n) is 3.79. The highest BCUT2D eigenvalue weighted by molar-refractivity contribution is 6.51. The molecule has 0 bridgehead atoms. The largest absolute Gasteiger partial charge is 0.416 e. The summed E-state index contributed by atoms with van der Waals surface area (Å²) in [5.41, 5.74) is 0. The summed E-state index contributed by atoms with van der Waals surface area (Å²) in [7, 11) is 2.95. The van der Waals surface area contributed by atoms with Gasteiger partial charge in [-0.25, -0.2) is 0 Å². The van der Waals surface area contributed by atoms with E-state index in [-0.39, 0.29) is 0 Å². The molecule has 0 aliphatic heterocycles. The first kappa shape index (κ1) is 15.4. The molecule has 92 valence electrons. The number of nitrogens with zero attached hydrogens (tertiary/aromatic N) is 1. The highest BCUT2D eigenvalue weighted by Gasteiger charge is 2.11. The van der Waals surface area contributed by atoms with E-state index in [1.165, 1.54) is 0 Å². The molecular weight excluding hydrogens is 230 g/mol. The lowest BCUT2D eigenvalue weighted by molar-refractivity contribution is 0.167. The fourth-order valence-electron chi connectivity index (χ4n) is 1.17. The lowest BCUT2D eigenvalue weighted by Crippen LogP contribution is -2.29. The zero-order valence-electron chi connectivity index (χ0n) is 10.2. The first-order chi connectivity index (χ1) is 7.20. The van der Waals surface area contributed by atoms with Crippen LogP contribution in [0.25, 0.3) is 0 Å². The van der Waals surface area contributed by atoms with E-state index in [2.05, 4.69) is 19.0 Å². The first-order valence-electron chi connectivity index (χ1n) is 5.60. The summed E-state index contributed by atoms with van der Waals surface area (Å²) in [6.45, 7) is 4.60. The molecule has 0 aliphatic carbocycles. The predicted octanol–water partition coefficient (Wildman–Crippen LogP) is 1.49. The van der Waals surface area contributed by atoms with Crippen LogP contribution in [0.3, 0.4) is 0 Å². The summed E-state index contributed by atoms with van der Waals surface area (Å²) < 4.78 is 11.3. The van der Waals surface area contributed by atoms with Gasteiger partial charge in [-0.15, -0.1) is 11.6 Å². The monoisotopic (exact) mass is 253 g/mol. The van der Waals surface area contributed by atoms with Crippen LogP contribution in [0, 0.1) is 0 Å². The Morgan fingerprint density at radius 3 is 2.60 bits per heavy atom. The molecule has 15 heavy (non-hydrogen) atoms. The van der Waals surface area contributed by atoms with Crippen molar-refractivity contribution in [2.45, 2.75) is 19.4 Å². The maximum absolute atomic E-state index is 5.87. The van der Waals surface area contributed by atoms with Gasteiger partial charge in [0.1, 0.15) is 0 Å². The molecule has 0 aromatic rings. The van der Waals surface area contributed by atoms with Crippen LogP contribution >= 0.6 is 11.6 Å². The molecule has 1 atom stereocenters. The topological polar surface area (TPSA) is 21.7 Å². The number of halogens is 1. The van der Waals surface area contributed by atoms with Crippen LogP contribution in [-0.2, 0) is 9.16 Å². The molecule has 0 rings (SSSR count). The lowest BCUT2D eigenvalue weighted by Gasteiger charge is -2.17. The molecule has 1 unspecified atom stereocenters. The Kier molecular flexibility index (Phi) is 11.2. The summed E-state index contributed by atoms with van der Waals surface area (Å²) in [6, 6.07) is 1.12. The van der Waals surface area contributed by atoms with Crippen molar-refractivity contribution in [3.05, 3.63) is 0 Å². The molecule has 0 aliphatic rings. The number of hydrogen-bond acceptors (Lipinski definition) is 3. The molecule has 3 nitrogen and oxygen atoms in total. The third-order valence-corrected chi connectivity index (χ3v) is 4.69. The molecule has 0 radical (unpaired) electrons. The van der Waals surface area contributed by atoms with Gasteiger partial charge in [0.15, 0.2) is 0 Å². The molecule has 0 saturated carbocycles. The Morgan fingerprint density at radius 1 is 1.33 bits per heavy atom. The van der Waals surface area contributed by atoms with E-state index in [0.29, 0.717) is 0 Å². The fourth-order valence-corrected chi connectivity index (χ4v) is 3.61. The van der Waals surface area contributed by atoms with E-state index >= 15 is 0 Å². The van der Waals surface area contributed by atoms with Crippen LogP contribution in [0.2, 0.25) is 6.04 Å². The predicted molar refractivity (Wildman–Crippen MR) is 68.3 cm³/mol. The molecule has 0 spiro atoms. The summed E-state index contributed by atoms with van der Waals surface area (Å²) in [6.07, 6.45) is 1.87. The van der Waals surface area contributed by atoms with Crippen molar-refractivity contribution >= 4 is 20.6 Å². The van der Waals surface area contributed by atoms with Gasteiger partial charge in [0, 0.05) is 25.6 Å². The minimum atomic E-state index is -1.16. The van der Waals surface area contributed by atoms with Crippen molar-refractivity contribution in [3.63, 3.8) is 0 Å². The van der Waals surface area contributed by atoms with Crippen molar-refractivity contribution in [1.29, 1.82) is 0 Å². The Labute approximate surface area is 100 Å². The molecule has 0 amide bonds. The Bertz CT molecular complexity index is 131. The van der Waals surface area contributed by atoms with Gasteiger partial charge in [-0.05, 0) is 33.5 Å². The molecule has 0 aromatic heterocycles. The van der Waals surface area contributed by atoms with Crippen molar-refractivity contribution in [3.8, 4) is 0 Å². The van der Waals surface area contributed by atoms with Gasteiger partial charge in [-0.2, -0.15) is 0 Å². The van der Waals surface area contributed by atoms with E-state index in [1.54, 1.807) is 0 Å². The second kappa shape index (κ2) is 10.9. The van der Waals surface area contributed by atoms with Crippen LogP contribution in [0.5, 0.6) is 0 Å². The minimum absolute atomic E-state index is 0.729. The van der Waals surface area contributed by atoms with E-state index in [9.17, 15) is 0 Å². The standard InChI is InChI=1S/C10H24ClNO2Si/c1-4-13-10-15(9-5-6-11)14-8-7-12(2)3/h15H,4-10H2,1-3H3. The summed E-state index contributed by atoms with van der Waals surface area (Å²) >= 11 is 5.68. The van der Waals surface area contributed by atoms with E-state index in [1.807, 2.05) is 6.92 Å². The first-order valence-corrected chi connectivity index (χ1v) is 8.24. The smallest absolute Gasteiger partial charge is 0.202 e. The lowest BCUT2D eigenvalue weighted by atomic mass is 10.6. The molecule has 0 heterocycles. The van der Waals surface area contributed by atoms with Gasteiger partial charge in [-0.1, -0.05) is 0 Å². The SMILES string of the molecule is CCOC[SiH](CCCCl)OCCN(C)C. The number of hydrogen-bond donors (Lipinski definition) is 0. The van der Waals surface area contributed by atoms with Gasteiger partial charge in [0.25, 0.3) is 0 Å². The van der Waals surface area contributed by atoms with Gasteiger partial charge >= 0.3 is 0 Å². The summed E-state index contributed by atoms with van der Waals surface area (Å²) in [4.78, 5) is 2.13. The molecular formula is C10H24ClNO2Si. The number of ether oxygens (including phenoxy) is 1. The van der Waals surface area contributed by atoms with Crippen LogP contribution < -0.4 is 0 Å². The highest BCUT2D eigenvalue weighted by Crippen LogP contribution is 2.02. The third kappa shape index (κ3) is 10.7. The Morgan fingerprint density at radius 2 is 2.07 bits per heavy atom. The Hall–Kier alpha value is 0.387. The number of likely N-dealkylation sites (N-methyl/N-ethyl adjacent to an activating group) is 1. The molecule has 5 heteroatoms. The molecule has 0 saturated heterocycles. The van der Waals surface area contributed by atoms with Crippen molar-refractivity contribution < 1.29 is 9.16 Å². The molecule has 0 N–H and O–H groups in total. The van der Waals surface area contributed by atoms with Crippen LogP contribution in [0.1, 0.15) is 13.3 Å². The minimum Gasteiger partial charge on any atom is -0.416 e. The van der Waals surface area contributed by atoms with E-state index < -0.39 is 9.04 Å². The van der Waals surface area contributed by atoms with Gasteiger partial charge in [0.05, 0.1) is 6.23 Å². The number of alkyl halides is 1. The Balaban J connectivity index is 3.58. The zero-order chi connectivity index (χ0) is 11.5. The molecule has 0 aromatic carbocycles. The van der Waals surface area contributed by atoms with Crippen molar-refractivity contribution in [2.24, 2.45) is 0 Å². The van der Waals surface area contributed by atoms with Crippen molar-refractivity contribution in [2.75, 3.05) is 46.0 Å². The van der Waals surface area contributed by atoms with E-state index in [0.717, 1.165) is 44.3 Å². The van der Waals surface area contributed by atoms with Crippen LogP contribution in [-0.4, -0.2) is 59.9 Å². The van der Waals surface area contributed by atoms with E-state index in [4.69, 9.17) is 20.8 Å². The average Bonchev–Trinajstić information content (AvgIpc) is 2.20. The molecule has 0 fully saturated rings. The summed E-state index contributed by atoms with van der Waals surface area (Å²) in [5.74, 6) is 0.729. The number of rotatable bonds is 10. The second-order valence-corrected chi connectivity index (χ2v) is 6.65. The van der Waals surface area contributed by atoms with Gasteiger partial charge in [-0.3, -0.25) is 0 Å². The average molecular weight is 254 g/mol.